The van der Waals surface area contributed by atoms with E-state index in [1.54, 1.807) is 17.0 Å². The molecule has 1 heterocycles. The molecule has 5 nitrogen and oxygen atoms in total. The fourth-order valence-electron chi connectivity index (χ4n) is 5.70. The van der Waals surface area contributed by atoms with E-state index in [1.165, 1.54) is 0 Å². The van der Waals surface area contributed by atoms with E-state index in [9.17, 15) is 9.59 Å². The van der Waals surface area contributed by atoms with Crippen LogP contribution in [-0.4, -0.2) is 45.7 Å². The Morgan fingerprint density at radius 2 is 1.47 bits per heavy atom. The van der Waals surface area contributed by atoms with Crippen molar-refractivity contribution in [3.05, 3.63) is 142 Å². The van der Waals surface area contributed by atoms with E-state index >= 15 is 0 Å². The molecule has 0 aliphatic heterocycles. The van der Waals surface area contributed by atoms with E-state index in [0.29, 0.717) is 29.6 Å². The minimum Gasteiger partial charge on any atom is -0.361 e. The van der Waals surface area contributed by atoms with E-state index in [0.717, 1.165) is 46.0 Å². The summed E-state index contributed by atoms with van der Waals surface area (Å²) in [5.41, 5.74) is 4.94. The molecule has 43 heavy (non-hydrogen) atoms. The number of rotatable bonds is 11. The summed E-state index contributed by atoms with van der Waals surface area (Å²) in [6.07, 6.45) is 4.48. The van der Waals surface area contributed by atoms with E-state index in [4.69, 9.17) is 23.2 Å². The summed E-state index contributed by atoms with van der Waals surface area (Å²) in [6.45, 7) is 0.884. The number of amides is 2. The van der Waals surface area contributed by atoms with E-state index in [2.05, 4.69) is 11.1 Å². The molecule has 4 aromatic carbocycles. The van der Waals surface area contributed by atoms with Gasteiger partial charge in [0.1, 0.15) is 6.54 Å². The molecule has 1 saturated carbocycles. The Balaban J connectivity index is 1.27. The lowest BCUT2D eigenvalue weighted by Crippen LogP contribution is -2.46. The van der Waals surface area contributed by atoms with Gasteiger partial charge in [-0.3, -0.25) is 9.59 Å². The number of H-pyrrole nitrogens is 1. The highest BCUT2D eigenvalue weighted by atomic mass is 35.5. The predicted molar refractivity (Wildman–Crippen MR) is 173 cm³/mol. The van der Waals surface area contributed by atoms with Crippen LogP contribution in [0, 0.1) is 0 Å². The van der Waals surface area contributed by atoms with Crippen LogP contribution in [0.2, 0.25) is 10.0 Å². The number of para-hydroxylation sites is 1. The van der Waals surface area contributed by atoms with Crippen molar-refractivity contribution in [1.82, 2.24) is 14.8 Å². The van der Waals surface area contributed by atoms with Gasteiger partial charge in [0, 0.05) is 36.2 Å². The first-order valence-electron chi connectivity index (χ1n) is 14.6. The quantitative estimate of drug-likeness (QED) is 0.166. The van der Waals surface area contributed by atoms with Gasteiger partial charge in [0.05, 0.1) is 16.0 Å². The second-order valence-corrected chi connectivity index (χ2v) is 11.9. The van der Waals surface area contributed by atoms with Crippen molar-refractivity contribution in [2.24, 2.45) is 0 Å². The molecule has 1 fully saturated rings. The van der Waals surface area contributed by atoms with Crippen LogP contribution in [0.4, 0.5) is 0 Å². The molecule has 0 unspecified atom stereocenters. The van der Waals surface area contributed by atoms with Crippen molar-refractivity contribution in [2.45, 2.75) is 37.8 Å². The van der Waals surface area contributed by atoms with Crippen LogP contribution in [0.15, 0.2) is 109 Å². The minimum absolute atomic E-state index is 0.0227. The fourth-order valence-corrected chi connectivity index (χ4v) is 6.02. The highest BCUT2D eigenvalue weighted by Crippen LogP contribution is 2.34. The maximum absolute atomic E-state index is 14.3. The number of hydrogen-bond acceptors (Lipinski definition) is 2. The molecule has 1 aromatic heterocycles. The van der Waals surface area contributed by atoms with Crippen molar-refractivity contribution in [3.63, 3.8) is 0 Å². The van der Waals surface area contributed by atoms with Crippen LogP contribution in [0.3, 0.4) is 0 Å². The molecule has 1 aliphatic rings. The number of nitrogens with zero attached hydrogens (tertiary/aromatic N) is 2. The molecule has 1 N–H and O–H groups in total. The van der Waals surface area contributed by atoms with Crippen molar-refractivity contribution in [1.29, 1.82) is 0 Å². The summed E-state index contributed by atoms with van der Waals surface area (Å²) in [7, 11) is 0. The van der Waals surface area contributed by atoms with Gasteiger partial charge in [-0.05, 0) is 59.7 Å². The minimum atomic E-state index is -0.481. The van der Waals surface area contributed by atoms with Gasteiger partial charge in [-0.1, -0.05) is 108 Å². The van der Waals surface area contributed by atoms with Gasteiger partial charge < -0.3 is 14.8 Å². The number of halogens is 2. The third-order valence-electron chi connectivity index (χ3n) is 8.13. The van der Waals surface area contributed by atoms with Crippen molar-refractivity contribution >= 4 is 45.9 Å². The van der Waals surface area contributed by atoms with Crippen molar-refractivity contribution in [3.8, 4) is 0 Å². The van der Waals surface area contributed by atoms with Crippen LogP contribution in [-0.2, 0) is 22.6 Å². The summed E-state index contributed by atoms with van der Waals surface area (Å²) in [6, 6.07) is 33.3. The molecular formula is C36H33Cl2N3O2. The number of hydrogen-bond donors (Lipinski definition) is 1. The number of aromatic nitrogens is 1. The lowest BCUT2D eigenvalue weighted by atomic mass is 9.90. The Labute approximate surface area is 262 Å². The molecule has 0 atom stereocenters. The van der Waals surface area contributed by atoms with Crippen LogP contribution < -0.4 is 0 Å². The number of fused-ring (bicyclic) bond motifs is 1. The summed E-state index contributed by atoms with van der Waals surface area (Å²) < 4.78 is 0. The van der Waals surface area contributed by atoms with Gasteiger partial charge in [0.15, 0.2) is 0 Å². The predicted octanol–water partition coefficient (Wildman–Crippen LogP) is 7.87. The van der Waals surface area contributed by atoms with Gasteiger partial charge in [-0.25, -0.2) is 0 Å². The Morgan fingerprint density at radius 3 is 2.12 bits per heavy atom. The average molecular weight is 611 g/mol. The summed E-state index contributed by atoms with van der Waals surface area (Å²) in [4.78, 5) is 35.4. The lowest BCUT2D eigenvalue weighted by Gasteiger charge is -2.31. The molecule has 6 rings (SSSR count). The number of nitrogens with one attached hydrogen (secondary N) is 1. The van der Waals surface area contributed by atoms with Crippen molar-refractivity contribution in [2.75, 3.05) is 13.1 Å². The van der Waals surface area contributed by atoms with Crippen LogP contribution >= 0.6 is 23.2 Å². The van der Waals surface area contributed by atoms with Crippen molar-refractivity contribution < 1.29 is 9.59 Å². The molecule has 5 aromatic rings. The lowest BCUT2D eigenvalue weighted by molar-refractivity contribution is -0.141. The molecule has 1 aliphatic carbocycles. The summed E-state index contributed by atoms with van der Waals surface area (Å²) >= 11 is 12.5. The molecule has 0 bridgehead atoms. The van der Waals surface area contributed by atoms with E-state index < -0.39 is 5.92 Å². The van der Waals surface area contributed by atoms with Crippen LogP contribution in [0.1, 0.15) is 41.0 Å². The first kappa shape index (κ1) is 29.0. The highest BCUT2D eigenvalue weighted by molar-refractivity contribution is 6.42. The molecular weight excluding hydrogens is 577 g/mol. The Kier molecular flexibility index (Phi) is 8.82. The summed E-state index contributed by atoms with van der Waals surface area (Å²) in [5, 5.41) is 2.07. The number of aromatic amines is 1. The second-order valence-electron chi connectivity index (χ2n) is 11.1. The van der Waals surface area contributed by atoms with Crippen LogP contribution in [0.5, 0.6) is 0 Å². The van der Waals surface area contributed by atoms with E-state index in [-0.39, 0.29) is 24.4 Å². The molecule has 218 valence electrons. The fraction of sp³-hybridized carbons (Fsp3) is 0.222. The summed E-state index contributed by atoms with van der Waals surface area (Å²) in [5.74, 6) is -0.615. The Morgan fingerprint density at radius 1 is 0.814 bits per heavy atom. The third-order valence-corrected chi connectivity index (χ3v) is 8.86. The number of carbonyl (C=O) groups excluding carboxylic acids is 2. The van der Waals surface area contributed by atoms with Gasteiger partial charge in [-0.15, -0.1) is 0 Å². The van der Waals surface area contributed by atoms with Gasteiger partial charge in [-0.2, -0.15) is 0 Å². The smallest absolute Gasteiger partial charge is 0.242 e. The molecule has 0 saturated heterocycles. The monoisotopic (exact) mass is 609 g/mol. The molecule has 7 heteroatoms. The Bertz CT molecular complexity index is 1680. The van der Waals surface area contributed by atoms with Gasteiger partial charge in [0.2, 0.25) is 11.8 Å². The van der Waals surface area contributed by atoms with E-state index in [1.807, 2.05) is 96.0 Å². The van der Waals surface area contributed by atoms with Gasteiger partial charge in [0.25, 0.3) is 0 Å². The third kappa shape index (κ3) is 6.79. The zero-order chi connectivity index (χ0) is 29.8. The number of carbonyl (C=O) groups is 2. The Hall–Kier alpha value is -4.06. The molecule has 2 amide bonds. The molecule has 0 radical (unpaired) electrons. The zero-order valence-corrected chi connectivity index (χ0v) is 25.3. The maximum Gasteiger partial charge on any atom is 0.242 e. The largest absolute Gasteiger partial charge is 0.361 e. The average Bonchev–Trinajstić information content (AvgIpc) is 3.80. The topological polar surface area (TPSA) is 56.4 Å². The SMILES string of the molecule is O=C(CN(C(=O)C(c1ccccc1)c1ccccc1)C1CC1)N(CCc1c[nH]c2ccccc12)Cc1ccc(Cl)c(Cl)c1. The highest BCUT2D eigenvalue weighted by Gasteiger charge is 2.38. The first-order valence-corrected chi connectivity index (χ1v) is 15.4. The van der Waals surface area contributed by atoms with Crippen LogP contribution in [0.25, 0.3) is 10.9 Å². The maximum atomic E-state index is 14.3. The zero-order valence-electron chi connectivity index (χ0n) is 23.8. The first-order chi connectivity index (χ1) is 21.0. The number of benzene rings is 4. The second kappa shape index (κ2) is 13.1. The molecule has 0 spiro atoms. The van der Waals surface area contributed by atoms with Gasteiger partial charge >= 0.3 is 0 Å². The normalized spacial score (nSPS) is 12.9. The standard InChI is InChI=1S/C36H33Cl2N3O2/c37-31-18-15-25(21-32(31)38)23-40(20-19-28-22-39-33-14-8-7-13-30(28)33)34(42)24-41(29-16-17-29)36(43)35(26-9-3-1-4-10-26)27-11-5-2-6-12-27/h1-15,18,21-22,29,35,39H,16-17,19-20,23-24H2.